The molecule has 2 unspecified atom stereocenters. The maximum Gasteiger partial charge on any atom is 0.250 e. The first-order valence-electron chi connectivity index (χ1n) is 8.90. The van der Waals surface area contributed by atoms with Gasteiger partial charge in [0.25, 0.3) is 0 Å². The maximum absolute atomic E-state index is 12.4. The van der Waals surface area contributed by atoms with Gasteiger partial charge in [-0.2, -0.15) is 0 Å². The van der Waals surface area contributed by atoms with Crippen molar-refractivity contribution >= 4 is 17.5 Å². The van der Waals surface area contributed by atoms with Gasteiger partial charge in [-0.05, 0) is 17.7 Å². The normalized spacial score (nSPS) is 19.7. The van der Waals surface area contributed by atoms with Crippen LogP contribution in [0.3, 0.4) is 0 Å². The fraction of sp³-hybridized carbons (Fsp3) is 0.421. The number of rotatable bonds is 7. The Hall–Kier alpha value is -2.75. The van der Waals surface area contributed by atoms with Gasteiger partial charge in [0, 0.05) is 32.2 Å². The molecule has 1 saturated heterocycles. The number of morpholine rings is 1. The number of aliphatic hydroxyl groups excluding tert-OH is 1. The molecular weight excluding hydrogens is 364 g/mol. The van der Waals surface area contributed by atoms with Crippen LogP contribution in [0.5, 0.6) is 0 Å². The van der Waals surface area contributed by atoms with Gasteiger partial charge in [-0.1, -0.05) is 12.1 Å². The molecule has 1 aliphatic heterocycles. The third kappa shape index (κ3) is 4.38. The zero-order valence-electron chi connectivity index (χ0n) is 15.9. The van der Waals surface area contributed by atoms with Crippen molar-refractivity contribution in [3.05, 3.63) is 48.0 Å². The Balaban J connectivity index is 1.76. The highest BCUT2D eigenvalue weighted by Crippen LogP contribution is 2.30. The fourth-order valence-electron chi connectivity index (χ4n) is 3.21. The van der Waals surface area contributed by atoms with Crippen molar-refractivity contribution in [1.82, 2.24) is 14.5 Å². The SMILES string of the molecule is COCC(=O)Nc1ccc(C2OCC(=O)N(Cc3nccn3C)C2CO)cc1. The Bertz CT molecular complexity index is 820. The van der Waals surface area contributed by atoms with Crippen LogP contribution >= 0.6 is 0 Å². The average Bonchev–Trinajstić information content (AvgIpc) is 3.09. The highest BCUT2D eigenvalue weighted by atomic mass is 16.5. The number of anilines is 1. The molecule has 1 aromatic heterocycles. The predicted molar refractivity (Wildman–Crippen MR) is 100 cm³/mol. The number of nitrogens with one attached hydrogen (secondary N) is 1. The van der Waals surface area contributed by atoms with Gasteiger partial charge in [0.15, 0.2) is 0 Å². The molecule has 28 heavy (non-hydrogen) atoms. The molecule has 150 valence electrons. The Morgan fingerprint density at radius 2 is 2.14 bits per heavy atom. The third-order valence-electron chi connectivity index (χ3n) is 4.67. The van der Waals surface area contributed by atoms with Crippen LogP contribution in [0.1, 0.15) is 17.5 Å². The van der Waals surface area contributed by atoms with E-state index in [-0.39, 0.29) is 31.6 Å². The van der Waals surface area contributed by atoms with Crippen molar-refractivity contribution in [3.8, 4) is 0 Å². The van der Waals surface area contributed by atoms with Crippen LogP contribution in [0.25, 0.3) is 0 Å². The standard InChI is InChI=1S/C19H24N4O5/c1-22-8-7-20-16(22)9-23-15(10-24)19(28-12-18(23)26)13-3-5-14(6-4-13)21-17(25)11-27-2/h3-8,15,19,24H,9-12H2,1-2H3,(H,21,25). The number of carbonyl (C=O) groups excluding carboxylic acids is 2. The van der Waals surface area contributed by atoms with E-state index in [4.69, 9.17) is 9.47 Å². The second kappa shape index (κ2) is 8.96. The topological polar surface area (TPSA) is 106 Å². The van der Waals surface area contributed by atoms with E-state index < -0.39 is 12.1 Å². The smallest absolute Gasteiger partial charge is 0.250 e. The minimum absolute atomic E-state index is 0.0235. The van der Waals surface area contributed by atoms with Gasteiger partial charge in [0.05, 0.1) is 19.2 Å². The summed E-state index contributed by atoms with van der Waals surface area (Å²) in [6.07, 6.45) is 3.00. The number of ether oxygens (including phenoxy) is 2. The Morgan fingerprint density at radius 3 is 2.75 bits per heavy atom. The lowest BCUT2D eigenvalue weighted by Gasteiger charge is -2.40. The molecule has 0 bridgehead atoms. The Kier molecular flexibility index (Phi) is 6.40. The summed E-state index contributed by atoms with van der Waals surface area (Å²) < 4.78 is 12.4. The summed E-state index contributed by atoms with van der Waals surface area (Å²) in [7, 11) is 3.31. The van der Waals surface area contributed by atoms with E-state index in [1.165, 1.54) is 7.11 Å². The molecule has 2 amide bonds. The number of aliphatic hydroxyl groups is 1. The van der Waals surface area contributed by atoms with Crippen LogP contribution in [0.15, 0.2) is 36.7 Å². The molecule has 2 N–H and O–H groups in total. The van der Waals surface area contributed by atoms with Crippen LogP contribution in [0.2, 0.25) is 0 Å². The van der Waals surface area contributed by atoms with Crippen molar-refractivity contribution in [1.29, 1.82) is 0 Å². The van der Waals surface area contributed by atoms with Crippen molar-refractivity contribution in [2.24, 2.45) is 7.05 Å². The maximum atomic E-state index is 12.4. The number of hydrogen-bond acceptors (Lipinski definition) is 6. The third-order valence-corrected chi connectivity index (χ3v) is 4.67. The number of aromatic nitrogens is 2. The van der Waals surface area contributed by atoms with Crippen molar-refractivity contribution < 1.29 is 24.2 Å². The number of aryl methyl sites for hydroxylation is 1. The zero-order valence-corrected chi connectivity index (χ0v) is 15.9. The van der Waals surface area contributed by atoms with E-state index >= 15 is 0 Å². The van der Waals surface area contributed by atoms with E-state index in [0.717, 1.165) is 11.4 Å². The first kappa shape index (κ1) is 20.0. The molecule has 9 heteroatoms. The summed E-state index contributed by atoms with van der Waals surface area (Å²) in [5, 5.41) is 12.7. The van der Waals surface area contributed by atoms with E-state index in [0.29, 0.717) is 12.2 Å². The molecule has 2 aromatic rings. The molecule has 1 fully saturated rings. The highest BCUT2D eigenvalue weighted by molar-refractivity contribution is 5.91. The van der Waals surface area contributed by atoms with Crippen molar-refractivity contribution in [2.75, 3.05) is 32.2 Å². The van der Waals surface area contributed by atoms with Crippen LogP contribution in [-0.2, 0) is 32.7 Å². The van der Waals surface area contributed by atoms with Gasteiger partial charge in [0.2, 0.25) is 11.8 Å². The highest BCUT2D eigenvalue weighted by Gasteiger charge is 2.37. The van der Waals surface area contributed by atoms with E-state index in [9.17, 15) is 14.7 Å². The predicted octanol–water partition coefficient (Wildman–Crippen LogP) is 0.466. The van der Waals surface area contributed by atoms with Crippen LogP contribution < -0.4 is 5.32 Å². The summed E-state index contributed by atoms with van der Waals surface area (Å²) in [5.74, 6) is 0.287. The largest absolute Gasteiger partial charge is 0.394 e. The molecule has 0 radical (unpaired) electrons. The number of amides is 2. The van der Waals surface area contributed by atoms with Gasteiger partial charge >= 0.3 is 0 Å². The number of benzene rings is 1. The quantitative estimate of drug-likeness (QED) is 0.714. The van der Waals surface area contributed by atoms with E-state index in [2.05, 4.69) is 10.3 Å². The number of carbonyl (C=O) groups is 2. The van der Waals surface area contributed by atoms with Crippen molar-refractivity contribution in [2.45, 2.75) is 18.7 Å². The zero-order chi connectivity index (χ0) is 20.1. The van der Waals surface area contributed by atoms with E-state index in [1.54, 1.807) is 23.2 Å². The molecule has 1 aromatic carbocycles. The monoisotopic (exact) mass is 388 g/mol. The minimum atomic E-state index is -0.535. The second-order valence-electron chi connectivity index (χ2n) is 6.56. The lowest BCUT2D eigenvalue weighted by Crippen LogP contribution is -2.52. The average molecular weight is 388 g/mol. The molecular formula is C19H24N4O5. The first-order chi connectivity index (χ1) is 13.5. The number of methoxy groups -OCH3 is 1. The molecule has 2 heterocycles. The van der Waals surface area contributed by atoms with Crippen molar-refractivity contribution in [3.63, 3.8) is 0 Å². The summed E-state index contributed by atoms with van der Waals surface area (Å²) in [6.45, 7) is -0.0476. The Labute approximate surface area is 162 Å². The number of nitrogens with zero attached hydrogens (tertiary/aromatic N) is 3. The summed E-state index contributed by atoms with van der Waals surface area (Å²) in [4.78, 5) is 29.9. The molecule has 1 aliphatic rings. The molecule has 9 nitrogen and oxygen atoms in total. The van der Waals surface area contributed by atoms with Gasteiger partial charge in [-0.25, -0.2) is 4.98 Å². The number of imidazole rings is 1. The molecule has 0 aliphatic carbocycles. The van der Waals surface area contributed by atoms with Gasteiger partial charge < -0.3 is 29.4 Å². The summed E-state index contributed by atoms with van der Waals surface area (Å²) >= 11 is 0. The lowest BCUT2D eigenvalue weighted by molar-refractivity contribution is -0.162. The second-order valence-corrected chi connectivity index (χ2v) is 6.56. The minimum Gasteiger partial charge on any atom is -0.394 e. The molecule has 0 spiro atoms. The van der Waals surface area contributed by atoms with Gasteiger partial charge in [0.1, 0.15) is 25.1 Å². The lowest BCUT2D eigenvalue weighted by atomic mass is 9.99. The van der Waals surface area contributed by atoms with Crippen LogP contribution in [-0.4, -0.2) is 64.3 Å². The van der Waals surface area contributed by atoms with Gasteiger partial charge in [-0.3, -0.25) is 9.59 Å². The molecule has 2 atom stereocenters. The van der Waals surface area contributed by atoms with Gasteiger partial charge in [-0.15, -0.1) is 0 Å². The molecule has 3 rings (SSSR count). The fourth-order valence-corrected chi connectivity index (χ4v) is 3.21. The Morgan fingerprint density at radius 1 is 1.39 bits per heavy atom. The summed E-state index contributed by atoms with van der Waals surface area (Å²) in [5.41, 5.74) is 1.43. The number of hydrogen-bond donors (Lipinski definition) is 2. The van der Waals surface area contributed by atoms with E-state index in [1.807, 2.05) is 29.9 Å². The summed E-state index contributed by atoms with van der Waals surface area (Å²) in [6, 6.07) is 6.59. The molecule has 0 saturated carbocycles. The van der Waals surface area contributed by atoms with Crippen LogP contribution in [0, 0.1) is 0 Å². The van der Waals surface area contributed by atoms with Crippen LogP contribution in [0.4, 0.5) is 5.69 Å². The first-order valence-corrected chi connectivity index (χ1v) is 8.90.